The van der Waals surface area contributed by atoms with Crippen LogP contribution in [0.3, 0.4) is 0 Å². The smallest absolute Gasteiger partial charge is 0.335 e. The molecule has 10 heteroatoms. The van der Waals surface area contributed by atoms with Gasteiger partial charge in [-0.2, -0.15) is 0 Å². The van der Waals surface area contributed by atoms with E-state index >= 15 is 0 Å². The normalized spacial score (nSPS) is 11.0. The Morgan fingerprint density at radius 3 is 1.94 bits per heavy atom. The first kappa shape index (κ1) is 22.0. The van der Waals surface area contributed by atoms with Crippen molar-refractivity contribution in [1.82, 2.24) is 0 Å². The van der Waals surface area contributed by atoms with E-state index in [4.69, 9.17) is 14.6 Å². The van der Waals surface area contributed by atoms with E-state index in [0.29, 0.717) is 17.6 Å². The molecule has 0 aromatic heterocycles. The molecule has 0 atom stereocenters. The zero-order valence-electron chi connectivity index (χ0n) is 15.9. The fourth-order valence-electron chi connectivity index (χ4n) is 2.54. The maximum atomic E-state index is 13.7. The summed E-state index contributed by atoms with van der Waals surface area (Å²) in [7, 11) is -4.22. The molecule has 3 aromatic carbocycles. The topological polar surface area (TPSA) is 102 Å². The number of nitrogens with one attached hydrogen (secondary N) is 1. The molecule has 0 heterocycles. The number of carboxylic acid groups (broad SMARTS) is 1. The molecule has 3 aromatic rings. The minimum absolute atomic E-state index is 0.154. The number of sulfonamides is 1. The average molecular weight is 449 g/mol. The summed E-state index contributed by atoms with van der Waals surface area (Å²) in [6, 6.07) is 14.0. The van der Waals surface area contributed by atoms with Gasteiger partial charge in [0.1, 0.15) is 41.2 Å². The van der Waals surface area contributed by atoms with Crippen molar-refractivity contribution < 1.29 is 36.6 Å². The van der Waals surface area contributed by atoms with E-state index in [1.165, 1.54) is 48.5 Å². The van der Waals surface area contributed by atoms with Crippen LogP contribution in [-0.2, 0) is 10.0 Å². The van der Waals surface area contributed by atoms with E-state index < -0.39 is 32.5 Å². The van der Waals surface area contributed by atoms with Crippen LogP contribution in [0.4, 0.5) is 14.5 Å². The summed E-state index contributed by atoms with van der Waals surface area (Å²) in [4.78, 5) is 10.1. The summed E-state index contributed by atoms with van der Waals surface area (Å²) in [5, 5.41) is 8.85. The first-order valence-electron chi connectivity index (χ1n) is 8.91. The van der Waals surface area contributed by atoms with Gasteiger partial charge in [0.25, 0.3) is 10.0 Å². The van der Waals surface area contributed by atoms with Crippen molar-refractivity contribution >= 4 is 21.7 Å². The Hall–Kier alpha value is -3.66. The van der Waals surface area contributed by atoms with Crippen molar-refractivity contribution in [3.8, 4) is 11.5 Å². The van der Waals surface area contributed by atoms with Crippen LogP contribution in [0, 0.1) is 11.6 Å². The Morgan fingerprint density at radius 2 is 1.42 bits per heavy atom. The van der Waals surface area contributed by atoms with Crippen molar-refractivity contribution in [3.05, 3.63) is 83.9 Å². The lowest BCUT2D eigenvalue weighted by molar-refractivity contribution is 0.0696. The maximum absolute atomic E-state index is 13.7. The minimum atomic E-state index is -4.22. The van der Waals surface area contributed by atoms with E-state index in [0.717, 1.165) is 12.1 Å². The molecule has 0 saturated carbocycles. The summed E-state index contributed by atoms with van der Waals surface area (Å²) in [6.07, 6.45) is 0. The van der Waals surface area contributed by atoms with E-state index in [2.05, 4.69) is 4.72 Å². The largest absolute Gasteiger partial charge is 0.490 e. The number of ether oxygens (including phenoxy) is 2. The second-order valence-corrected chi connectivity index (χ2v) is 7.88. The standard InChI is InChI=1S/C21H17F2NO6S/c22-15-3-10-20(19(23)13-15)31(27,28)24-16-4-8-18(9-5-16)30-12-11-29-17-6-1-14(2-7-17)21(25)26/h1-10,13,24H,11-12H2,(H,25,26). The number of carboxylic acids is 1. The fourth-order valence-corrected chi connectivity index (χ4v) is 3.65. The van der Waals surface area contributed by atoms with Gasteiger partial charge in [-0.15, -0.1) is 0 Å². The van der Waals surface area contributed by atoms with Crippen molar-refractivity contribution in [3.63, 3.8) is 0 Å². The molecular weight excluding hydrogens is 432 g/mol. The number of benzene rings is 3. The molecule has 7 nitrogen and oxygen atoms in total. The van der Waals surface area contributed by atoms with E-state index in [1.807, 2.05) is 0 Å². The highest BCUT2D eigenvalue weighted by Gasteiger charge is 2.19. The number of anilines is 1. The zero-order chi connectivity index (χ0) is 22.4. The van der Waals surface area contributed by atoms with Crippen LogP contribution in [0.25, 0.3) is 0 Å². The van der Waals surface area contributed by atoms with Gasteiger partial charge in [-0.25, -0.2) is 22.0 Å². The SMILES string of the molecule is O=C(O)c1ccc(OCCOc2ccc(NS(=O)(=O)c3ccc(F)cc3F)cc2)cc1. The number of aromatic carboxylic acids is 1. The highest BCUT2D eigenvalue weighted by Crippen LogP contribution is 2.22. The number of hydrogen-bond acceptors (Lipinski definition) is 5. The van der Waals surface area contributed by atoms with E-state index in [9.17, 15) is 22.0 Å². The fraction of sp³-hybridized carbons (Fsp3) is 0.0952. The second-order valence-electron chi connectivity index (χ2n) is 6.23. The minimum Gasteiger partial charge on any atom is -0.490 e. The zero-order valence-corrected chi connectivity index (χ0v) is 16.7. The quantitative estimate of drug-likeness (QED) is 0.480. The second kappa shape index (κ2) is 9.43. The summed E-state index contributed by atoms with van der Waals surface area (Å²) in [5.41, 5.74) is 0.326. The van der Waals surface area contributed by atoms with Crippen LogP contribution in [0.15, 0.2) is 71.6 Å². The molecule has 2 N–H and O–H groups in total. The van der Waals surface area contributed by atoms with Crippen LogP contribution in [0.5, 0.6) is 11.5 Å². The van der Waals surface area contributed by atoms with Crippen molar-refractivity contribution in [2.45, 2.75) is 4.90 Å². The molecule has 0 bridgehead atoms. The van der Waals surface area contributed by atoms with Crippen LogP contribution < -0.4 is 14.2 Å². The Labute approximate surface area is 176 Å². The Morgan fingerprint density at radius 1 is 0.871 bits per heavy atom. The third kappa shape index (κ3) is 5.92. The van der Waals surface area contributed by atoms with Crippen LogP contribution >= 0.6 is 0 Å². The van der Waals surface area contributed by atoms with Crippen LogP contribution in [0.1, 0.15) is 10.4 Å². The lowest BCUT2D eigenvalue weighted by Gasteiger charge is -2.11. The Kier molecular flexibility index (Phi) is 6.71. The molecule has 3 rings (SSSR count). The summed E-state index contributed by atoms with van der Waals surface area (Å²) >= 11 is 0. The molecule has 0 aliphatic heterocycles. The van der Waals surface area contributed by atoms with E-state index in [-0.39, 0.29) is 24.5 Å². The van der Waals surface area contributed by atoms with Gasteiger partial charge in [0.15, 0.2) is 0 Å². The van der Waals surface area contributed by atoms with Gasteiger partial charge in [-0.3, -0.25) is 4.72 Å². The molecule has 0 spiro atoms. The number of halogens is 2. The van der Waals surface area contributed by atoms with Crippen molar-refractivity contribution in [1.29, 1.82) is 0 Å². The van der Waals surface area contributed by atoms with Crippen molar-refractivity contribution in [2.24, 2.45) is 0 Å². The first-order valence-corrected chi connectivity index (χ1v) is 10.4. The average Bonchev–Trinajstić information content (AvgIpc) is 2.72. The highest BCUT2D eigenvalue weighted by atomic mass is 32.2. The molecule has 162 valence electrons. The molecule has 0 fully saturated rings. The predicted molar refractivity (Wildman–Crippen MR) is 108 cm³/mol. The number of carbonyl (C=O) groups is 1. The van der Waals surface area contributed by atoms with E-state index in [1.54, 1.807) is 0 Å². The maximum Gasteiger partial charge on any atom is 0.335 e. The summed E-state index contributed by atoms with van der Waals surface area (Å²) in [6.45, 7) is 0.386. The number of hydrogen-bond donors (Lipinski definition) is 2. The van der Waals surface area contributed by atoms with Crippen LogP contribution in [-0.4, -0.2) is 32.7 Å². The number of rotatable bonds is 9. The molecule has 0 aliphatic rings. The summed E-state index contributed by atoms with van der Waals surface area (Å²) < 4.78 is 64.4. The van der Waals surface area contributed by atoms with Gasteiger partial charge in [0.2, 0.25) is 0 Å². The van der Waals surface area contributed by atoms with Gasteiger partial charge < -0.3 is 14.6 Å². The third-order valence-corrected chi connectivity index (χ3v) is 5.43. The molecule has 0 saturated heterocycles. The molecule has 0 unspecified atom stereocenters. The highest BCUT2D eigenvalue weighted by molar-refractivity contribution is 7.92. The van der Waals surface area contributed by atoms with Gasteiger partial charge in [-0.05, 0) is 60.7 Å². The summed E-state index contributed by atoms with van der Waals surface area (Å²) in [5.74, 6) is -2.15. The molecule has 31 heavy (non-hydrogen) atoms. The van der Waals surface area contributed by atoms with Crippen LogP contribution in [0.2, 0.25) is 0 Å². The molecule has 0 amide bonds. The molecular formula is C21H17F2NO6S. The van der Waals surface area contributed by atoms with Gasteiger partial charge in [0, 0.05) is 11.8 Å². The first-order chi connectivity index (χ1) is 14.7. The van der Waals surface area contributed by atoms with Crippen molar-refractivity contribution in [2.75, 3.05) is 17.9 Å². The van der Waals surface area contributed by atoms with Gasteiger partial charge >= 0.3 is 5.97 Å². The van der Waals surface area contributed by atoms with Gasteiger partial charge in [-0.1, -0.05) is 0 Å². The predicted octanol–water partition coefficient (Wildman–Crippen LogP) is 3.92. The Balaban J connectivity index is 1.51. The third-order valence-electron chi connectivity index (χ3n) is 4.01. The Bertz CT molecular complexity index is 1170. The van der Waals surface area contributed by atoms with Gasteiger partial charge in [0.05, 0.1) is 5.56 Å². The molecule has 0 aliphatic carbocycles. The molecule has 0 radical (unpaired) electrons. The lowest BCUT2D eigenvalue weighted by atomic mass is 10.2. The lowest BCUT2D eigenvalue weighted by Crippen LogP contribution is -2.14. The monoisotopic (exact) mass is 449 g/mol.